The summed E-state index contributed by atoms with van der Waals surface area (Å²) in [6.07, 6.45) is 11.0. The van der Waals surface area contributed by atoms with Crippen molar-refractivity contribution in [2.45, 2.75) is 63.5 Å². The highest BCUT2D eigenvalue weighted by molar-refractivity contribution is 4.89. The van der Waals surface area contributed by atoms with Crippen LogP contribution in [0.25, 0.3) is 0 Å². The predicted molar refractivity (Wildman–Crippen MR) is 57.7 cm³/mol. The minimum Gasteiger partial charge on any atom is -0.376 e. The molecule has 2 unspecified atom stereocenters. The summed E-state index contributed by atoms with van der Waals surface area (Å²) < 4.78 is 0. The summed E-state index contributed by atoms with van der Waals surface area (Å²) in [5, 5.41) is 10.2. The van der Waals surface area contributed by atoms with Gasteiger partial charge in [-0.1, -0.05) is 38.5 Å². The topological polar surface area (TPSA) is 46.2 Å². The number of nitrogens with two attached hydrogens (primary N) is 1. The van der Waals surface area contributed by atoms with Crippen molar-refractivity contribution in [2.75, 3.05) is 0 Å². The lowest BCUT2D eigenvalue weighted by Crippen LogP contribution is -2.52. The number of rotatable bonds is 1. The summed E-state index contributed by atoms with van der Waals surface area (Å²) in [6.45, 7) is 0. The van der Waals surface area contributed by atoms with Gasteiger partial charge in [-0.2, -0.15) is 0 Å². The highest BCUT2D eigenvalue weighted by Gasteiger charge is 2.40. The van der Waals surface area contributed by atoms with E-state index in [0.29, 0.717) is 11.8 Å². The Bertz CT molecular complexity index is 185. The van der Waals surface area contributed by atoms with Crippen molar-refractivity contribution in [3.63, 3.8) is 0 Å². The molecule has 82 valence electrons. The second kappa shape index (κ2) is 4.19. The average molecular weight is 197 g/mol. The molecule has 2 fully saturated rings. The maximum absolute atomic E-state index is 10.2. The van der Waals surface area contributed by atoms with E-state index in [9.17, 15) is 5.11 Å². The maximum Gasteiger partial charge on any atom is 0.116 e. The zero-order valence-corrected chi connectivity index (χ0v) is 9.04. The van der Waals surface area contributed by atoms with Crippen molar-refractivity contribution < 1.29 is 5.11 Å². The quantitative estimate of drug-likeness (QED) is 0.634. The van der Waals surface area contributed by atoms with E-state index in [-0.39, 0.29) is 0 Å². The van der Waals surface area contributed by atoms with Gasteiger partial charge in [-0.15, -0.1) is 0 Å². The monoisotopic (exact) mass is 197 g/mol. The number of hydrogen-bond acceptors (Lipinski definition) is 2. The van der Waals surface area contributed by atoms with Crippen molar-refractivity contribution >= 4 is 0 Å². The van der Waals surface area contributed by atoms with E-state index in [0.717, 1.165) is 19.3 Å². The van der Waals surface area contributed by atoms with Gasteiger partial charge in [0.1, 0.15) is 5.72 Å². The first-order chi connectivity index (χ1) is 6.70. The van der Waals surface area contributed by atoms with Gasteiger partial charge < -0.3 is 10.8 Å². The molecule has 0 aromatic rings. The van der Waals surface area contributed by atoms with Gasteiger partial charge in [-0.05, 0) is 25.2 Å². The van der Waals surface area contributed by atoms with Crippen molar-refractivity contribution in [2.24, 2.45) is 17.6 Å². The van der Waals surface area contributed by atoms with E-state index in [4.69, 9.17) is 5.73 Å². The van der Waals surface area contributed by atoms with Crippen LogP contribution in [0.15, 0.2) is 0 Å². The van der Waals surface area contributed by atoms with E-state index < -0.39 is 5.72 Å². The molecule has 2 saturated carbocycles. The van der Waals surface area contributed by atoms with Crippen LogP contribution in [0.5, 0.6) is 0 Å². The third kappa shape index (κ3) is 2.12. The molecular formula is C12H23NO. The van der Waals surface area contributed by atoms with E-state index in [1.54, 1.807) is 0 Å². The van der Waals surface area contributed by atoms with Crippen molar-refractivity contribution in [3.05, 3.63) is 0 Å². The second-order valence-electron chi connectivity index (χ2n) is 5.24. The molecule has 3 N–H and O–H groups in total. The van der Waals surface area contributed by atoms with Gasteiger partial charge in [0.25, 0.3) is 0 Å². The standard InChI is InChI=1S/C12H23NO/c13-12(14)9-5-4-8-11(12)10-6-2-1-3-7-10/h10-11,14H,1-9,13H2. The molecule has 0 spiro atoms. The summed E-state index contributed by atoms with van der Waals surface area (Å²) >= 11 is 0. The first-order valence-electron chi connectivity index (χ1n) is 6.21. The molecule has 2 aliphatic rings. The fourth-order valence-corrected chi connectivity index (χ4v) is 3.39. The van der Waals surface area contributed by atoms with Crippen LogP contribution in [-0.2, 0) is 0 Å². The lowest BCUT2D eigenvalue weighted by atomic mass is 9.69. The third-order valence-corrected chi connectivity index (χ3v) is 4.20. The minimum atomic E-state index is -0.847. The van der Waals surface area contributed by atoms with Crippen LogP contribution < -0.4 is 5.73 Å². The summed E-state index contributed by atoms with van der Waals surface area (Å²) in [5.41, 5.74) is 5.16. The van der Waals surface area contributed by atoms with Crippen molar-refractivity contribution in [1.29, 1.82) is 0 Å². The lowest BCUT2D eigenvalue weighted by molar-refractivity contribution is -0.0723. The molecule has 2 rings (SSSR count). The normalized spacial score (nSPS) is 41.1. The predicted octanol–water partition coefficient (Wildman–Crippen LogP) is 2.40. The average Bonchev–Trinajstić information content (AvgIpc) is 2.18. The van der Waals surface area contributed by atoms with Crippen LogP contribution >= 0.6 is 0 Å². The Balaban J connectivity index is 1.99. The van der Waals surface area contributed by atoms with Crippen molar-refractivity contribution in [3.8, 4) is 0 Å². The Kier molecular flexibility index (Phi) is 3.13. The van der Waals surface area contributed by atoms with Gasteiger partial charge >= 0.3 is 0 Å². The molecule has 0 amide bonds. The summed E-state index contributed by atoms with van der Waals surface area (Å²) in [6, 6.07) is 0. The second-order valence-corrected chi connectivity index (χ2v) is 5.24. The van der Waals surface area contributed by atoms with E-state index >= 15 is 0 Å². The molecule has 0 saturated heterocycles. The molecular weight excluding hydrogens is 174 g/mol. The zero-order valence-electron chi connectivity index (χ0n) is 9.04. The minimum absolute atomic E-state index is 0.386. The Morgan fingerprint density at radius 2 is 1.57 bits per heavy atom. The summed E-state index contributed by atoms with van der Waals surface area (Å²) in [7, 11) is 0. The molecule has 0 aromatic heterocycles. The van der Waals surface area contributed by atoms with Crippen LogP contribution in [0.2, 0.25) is 0 Å². The highest BCUT2D eigenvalue weighted by Crippen LogP contribution is 2.41. The summed E-state index contributed by atoms with van der Waals surface area (Å²) in [4.78, 5) is 0. The molecule has 0 aromatic carbocycles. The molecule has 0 bridgehead atoms. The molecule has 2 aliphatic carbocycles. The van der Waals surface area contributed by atoms with Gasteiger partial charge in [0.15, 0.2) is 0 Å². The van der Waals surface area contributed by atoms with Crippen molar-refractivity contribution in [1.82, 2.24) is 0 Å². The maximum atomic E-state index is 10.2. The zero-order chi connectivity index (χ0) is 10.0. The van der Waals surface area contributed by atoms with Crippen LogP contribution in [-0.4, -0.2) is 10.8 Å². The van der Waals surface area contributed by atoms with E-state index in [2.05, 4.69) is 0 Å². The lowest BCUT2D eigenvalue weighted by Gasteiger charge is -2.42. The smallest absolute Gasteiger partial charge is 0.116 e. The van der Waals surface area contributed by atoms with Gasteiger partial charge in [0, 0.05) is 5.92 Å². The van der Waals surface area contributed by atoms with Gasteiger partial charge in [-0.3, -0.25) is 0 Å². The number of aliphatic hydroxyl groups is 1. The van der Waals surface area contributed by atoms with E-state index in [1.807, 2.05) is 0 Å². The largest absolute Gasteiger partial charge is 0.376 e. The third-order valence-electron chi connectivity index (χ3n) is 4.20. The van der Waals surface area contributed by atoms with Gasteiger partial charge in [0.05, 0.1) is 0 Å². The fourth-order valence-electron chi connectivity index (χ4n) is 3.39. The molecule has 14 heavy (non-hydrogen) atoms. The van der Waals surface area contributed by atoms with Crippen LogP contribution in [0, 0.1) is 11.8 Å². The highest BCUT2D eigenvalue weighted by atomic mass is 16.3. The SMILES string of the molecule is NC1(O)CCCCC1C1CCCCC1. The first kappa shape index (κ1) is 10.4. The van der Waals surface area contributed by atoms with Crippen LogP contribution in [0.4, 0.5) is 0 Å². The van der Waals surface area contributed by atoms with Crippen LogP contribution in [0.1, 0.15) is 57.8 Å². The van der Waals surface area contributed by atoms with Crippen LogP contribution in [0.3, 0.4) is 0 Å². The fraction of sp³-hybridized carbons (Fsp3) is 1.00. The Morgan fingerprint density at radius 3 is 2.21 bits per heavy atom. The van der Waals surface area contributed by atoms with E-state index in [1.165, 1.54) is 38.5 Å². The number of hydrogen-bond donors (Lipinski definition) is 2. The molecule has 0 aliphatic heterocycles. The Morgan fingerprint density at radius 1 is 0.929 bits per heavy atom. The molecule has 0 radical (unpaired) electrons. The van der Waals surface area contributed by atoms with Gasteiger partial charge in [-0.25, -0.2) is 0 Å². The Labute approximate surface area is 86.9 Å². The molecule has 2 atom stereocenters. The molecule has 0 heterocycles. The summed E-state index contributed by atoms with van der Waals surface area (Å²) in [5.74, 6) is 1.09. The molecule has 2 heteroatoms. The molecule has 2 nitrogen and oxygen atoms in total. The van der Waals surface area contributed by atoms with Gasteiger partial charge in [0.2, 0.25) is 0 Å². The Hall–Kier alpha value is -0.0800. The first-order valence-corrected chi connectivity index (χ1v) is 6.21.